The summed E-state index contributed by atoms with van der Waals surface area (Å²) in [5.41, 5.74) is 6.91. The van der Waals surface area contributed by atoms with E-state index in [9.17, 15) is 4.79 Å². The minimum Gasteiger partial charge on any atom is -0.399 e. The van der Waals surface area contributed by atoms with Gasteiger partial charge < -0.3 is 11.1 Å². The summed E-state index contributed by atoms with van der Waals surface area (Å²) in [6, 6.07) is 11.3. The molecule has 1 aromatic heterocycles. The normalized spacial score (nSPS) is 11.5. The maximum Gasteiger partial charge on any atom is 0.251 e. The summed E-state index contributed by atoms with van der Waals surface area (Å²) in [6.07, 6.45) is 0.860. The molecule has 1 amide bonds. The van der Waals surface area contributed by atoms with E-state index < -0.39 is 0 Å². The number of carbonyl (C=O) groups excluding carboxylic acids is 1. The number of rotatable bonds is 4. The number of carbonyl (C=O) groups is 1. The van der Waals surface area contributed by atoms with E-state index in [1.807, 2.05) is 6.92 Å². The molecule has 108 valence electrons. The van der Waals surface area contributed by atoms with E-state index in [-0.39, 0.29) is 24.4 Å². The highest BCUT2D eigenvalue weighted by Crippen LogP contribution is 2.16. The molecule has 0 bridgehead atoms. The van der Waals surface area contributed by atoms with Gasteiger partial charge in [0.15, 0.2) is 0 Å². The minimum absolute atomic E-state index is 0. The lowest BCUT2D eigenvalue weighted by atomic mass is 10.1. The maximum atomic E-state index is 12.0. The molecule has 0 radical (unpaired) electrons. The zero-order valence-electron chi connectivity index (χ0n) is 11.6. The lowest BCUT2D eigenvalue weighted by Gasteiger charge is -2.13. The molecule has 0 spiro atoms. The first-order chi connectivity index (χ1) is 9.04. The summed E-state index contributed by atoms with van der Waals surface area (Å²) in [6.45, 7) is 4.11. The molecule has 0 aliphatic rings. The molecule has 1 aromatic carbocycles. The molecule has 2 rings (SSSR count). The first-order valence-electron chi connectivity index (χ1n) is 6.26. The molecule has 0 fully saturated rings. The van der Waals surface area contributed by atoms with Gasteiger partial charge in [-0.15, -0.1) is 23.7 Å². The van der Waals surface area contributed by atoms with E-state index in [4.69, 9.17) is 5.73 Å². The summed E-state index contributed by atoms with van der Waals surface area (Å²) in [4.78, 5) is 14.6. The smallest absolute Gasteiger partial charge is 0.251 e. The Morgan fingerprint density at radius 3 is 2.45 bits per heavy atom. The first kappa shape index (κ1) is 16.5. The van der Waals surface area contributed by atoms with Gasteiger partial charge in [0.1, 0.15) is 0 Å². The molecule has 0 aliphatic carbocycles. The number of thiophene rings is 1. The van der Waals surface area contributed by atoms with Crippen LogP contribution in [0.5, 0.6) is 0 Å². The van der Waals surface area contributed by atoms with Crippen LogP contribution >= 0.6 is 23.7 Å². The molecule has 1 heterocycles. The lowest BCUT2D eigenvalue weighted by molar-refractivity contribution is 0.0940. The van der Waals surface area contributed by atoms with Crippen LogP contribution in [0.2, 0.25) is 0 Å². The Kier molecular flexibility index (Phi) is 6.05. The van der Waals surface area contributed by atoms with Crippen LogP contribution in [0, 0.1) is 6.92 Å². The van der Waals surface area contributed by atoms with Gasteiger partial charge in [0.05, 0.1) is 0 Å². The largest absolute Gasteiger partial charge is 0.399 e. The van der Waals surface area contributed by atoms with Crippen molar-refractivity contribution in [3.8, 4) is 0 Å². The first-order valence-corrected chi connectivity index (χ1v) is 7.08. The second-order valence-corrected chi connectivity index (χ2v) is 6.09. The van der Waals surface area contributed by atoms with Crippen molar-refractivity contribution in [2.24, 2.45) is 0 Å². The van der Waals surface area contributed by atoms with Crippen molar-refractivity contribution in [3.63, 3.8) is 0 Å². The Bertz CT molecular complexity index is 566. The van der Waals surface area contributed by atoms with E-state index >= 15 is 0 Å². The second-order valence-electron chi connectivity index (χ2n) is 4.71. The van der Waals surface area contributed by atoms with Gasteiger partial charge in [0.25, 0.3) is 5.91 Å². The zero-order chi connectivity index (χ0) is 13.8. The van der Waals surface area contributed by atoms with Crippen LogP contribution in [0.3, 0.4) is 0 Å². The summed E-state index contributed by atoms with van der Waals surface area (Å²) in [7, 11) is 0. The number of nitrogens with one attached hydrogen (secondary N) is 1. The number of anilines is 1. The third-order valence-electron chi connectivity index (χ3n) is 2.85. The predicted molar refractivity (Wildman–Crippen MR) is 87.8 cm³/mol. The van der Waals surface area contributed by atoms with Gasteiger partial charge in [0.2, 0.25) is 0 Å². The van der Waals surface area contributed by atoms with E-state index in [1.165, 1.54) is 9.75 Å². The molecule has 1 atom stereocenters. The highest BCUT2D eigenvalue weighted by Gasteiger charge is 2.10. The van der Waals surface area contributed by atoms with Gasteiger partial charge in [-0.1, -0.05) is 0 Å². The van der Waals surface area contributed by atoms with Gasteiger partial charge in [-0.2, -0.15) is 0 Å². The fourth-order valence-electron chi connectivity index (χ4n) is 1.89. The minimum atomic E-state index is -0.0548. The molecule has 3 N–H and O–H groups in total. The Morgan fingerprint density at radius 2 is 1.90 bits per heavy atom. The molecular weight excluding hydrogens is 292 g/mol. The van der Waals surface area contributed by atoms with Gasteiger partial charge in [-0.3, -0.25) is 4.79 Å². The Morgan fingerprint density at radius 1 is 1.25 bits per heavy atom. The standard InChI is InChI=1S/C15H18N2OS.ClH/c1-10(9-14-8-3-11(2)19-14)17-15(18)12-4-6-13(16)7-5-12;/h3-8,10H,9,16H2,1-2H3,(H,17,18);1H. The fourth-order valence-corrected chi connectivity index (χ4v) is 2.91. The van der Waals surface area contributed by atoms with Crippen LogP contribution in [0.25, 0.3) is 0 Å². The number of halogens is 1. The number of amides is 1. The van der Waals surface area contributed by atoms with E-state index in [0.717, 1.165) is 6.42 Å². The van der Waals surface area contributed by atoms with Gasteiger partial charge in [-0.25, -0.2) is 0 Å². The molecule has 0 saturated heterocycles. The van der Waals surface area contributed by atoms with Crippen LogP contribution in [0.15, 0.2) is 36.4 Å². The SMILES string of the molecule is Cc1ccc(CC(C)NC(=O)c2ccc(N)cc2)s1.Cl. The summed E-state index contributed by atoms with van der Waals surface area (Å²) in [5.74, 6) is -0.0548. The van der Waals surface area contributed by atoms with Crippen molar-refractivity contribution in [2.45, 2.75) is 26.3 Å². The molecule has 1 unspecified atom stereocenters. The topological polar surface area (TPSA) is 55.1 Å². The number of hydrogen-bond acceptors (Lipinski definition) is 3. The quantitative estimate of drug-likeness (QED) is 0.850. The molecule has 20 heavy (non-hydrogen) atoms. The number of hydrogen-bond donors (Lipinski definition) is 2. The van der Waals surface area contributed by atoms with Crippen molar-refractivity contribution in [1.29, 1.82) is 0 Å². The fraction of sp³-hybridized carbons (Fsp3) is 0.267. The molecule has 5 heteroatoms. The van der Waals surface area contributed by atoms with Gasteiger partial charge >= 0.3 is 0 Å². The van der Waals surface area contributed by atoms with Crippen LogP contribution in [-0.2, 0) is 6.42 Å². The van der Waals surface area contributed by atoms with Gasteiger partial charge in [-0.05, 0) is 50.2 Å². The van der Waals surface area contributed by atoms with Crippen molar-refractivity contribution in [2.75, 3.05) is 5.73 Å². The summed E-state index contributed by atoms with van der Waals surface area (Å²) in [5, 5.41) is 3.00. The number of aryl methyl sites for hydroxylation is 1. The van der Waals surface area contributed by atoms with Gasteiger partial charge in [0, 0.05) is 33.5 Å². The molecule has 0 aliphatic heterocycles. The highest BCUT2D eigenvalue weighted by atomic mass is 35.5. The average molecular weight is 311 g/mol. The second kappa shape index (κ2) is 7.31. The summed E-state index contributed by atoms with van der Waals surface area (Å²) >= 11 is 1.77. The molecule has 3 nitrogen and oxygen atoms in total. The Labute approximate surface area is 129 Å². The van der Waals surface area contributed by atoms with E-state index in [0.29, 0.717) is 11.3 Å². The number of benzene rings is 1. The van der Waals surface area contributed by atoms with Crippen LogP contribution in [0.1, 0.15) is 27.0 Å². The molecular formula is C15H19ClN2OS. The Hall–Kier alpha value is -1.52. The van der Waals surface area contributed by atoms with E-state index in [1.54, 1.807) is 35.6 Å². The molecule has 0 saturated carbocycles. The average Bonchev–Trinajstić information content (AvgIpc) is 2.75. The highest BCUT2D eigenvalue weighted by molar-refractivity contribution is 7.11. The third kappa shape index (κ3) is 4.54. The zero-order valence-corrected chi connectivity index (χ0v) is 13.2. The molecule has 2 aromatic rings. The van der Waals surface area contributed by atoms with Crippen LogP contribution in [-0.4, -0.2) is 11.9 Å². The van der Waals surface area contributed by atoms with Crippen molar-refractivity contribution in [3.05, 3.63) is 51.7 Å². The van der Waals surface area contributed by atoms with Crippen molar-refractivity contribution < 1.29 is 4.79 Å². The van der Waals surface area contributed by atoms with Crippen molar-refractivity contribution in [1.82, 2.24) is 5.32 Å². The number of nitrogens with two attached hydrogens (primary N) is 1. The Balaban J connectivity index is 0.00000200. The van der Waals surface area contributed by atoms with E-state index in [2.05, 4.69) is 24.4 Å². The van der Waals surface area contributed by atoms with Crippen LogP contribution < -0.4 is 11.1 Å². The monoisotopic (exact) mass is 310 g/mol. The maximum absolute atomic E-state index is 12.0. The summed E-state index contributed by atoms with van der Waals surface area (Å²) < 4.78 is 0. The predicted octanol–water partition coefficient (Wildman–Crippen LogP) is 3.42. The number of nitrogen functional groups attached to an aromatic ring is 1. The van der Waals surface area contributed by atoms with Crippen molar-refractivity contribution >= 4 is 35.3 Å². The lowest BCUT2D eigenvalue weighted by Crippen LogP contribution is -2.33. The van der Waals surface area contributed by atoms with Crippen LogP contribution in [0.4, 0.5) is 5.69 Å². The third-order valence-corrected chi connectivity index (χ3v) is 3.88.